The molecular formula is C23H30ClN3O3S. The van der Waals surface area contributed by atoms with Crippen LogP contribution in [0.25, 0.3) is 10.2 Å². The molecule has 0 saturated heterocycles. The van der Waals surface area contributed by atoms with Crippen LogP contribution in [-0.4, -0.2) is 56.2 Å². The first kappa shape index (κ1) is 24.9. The zero-order valence-corrected chi connectivity index (χ0v) is 20.3. The second kappa shape index (κ2) is 11.3. The molecule has 3 aromatic rings. The van der Waals surface area contributed by atoms with Crippen molar-refractivity contribution in [3.05, 3.63) is 47.5 Å². The van der Waals surface area contributed by atoms with Gasteiger partial charge in [0.1, 0.15) is 11.5 Å². The van der Waals surface area contributed by atoms with Gasteiger partial charge in [0.05, 0.1) is 16.8 Å². The molecule has 0 unspecified atom stereocenters. The van der Waals surface area contributed by atoms with Crippen LogP contribution in [0.15, 0.2) is 36.4 Å². The number of aryl methyl sites for hydroxylation is 2. The number of ether oxygens (including phenoxy) is 2. The highest BCUT2D eigenvalue weighted by molar-refractivity contribution is 7.22. The van der Waals surface area contributed by atoms with Crippen LogP contribution in [0.1, 0.15) is 18.1 Å². The summed E-state index contributed by atoms with van der Waals surface area (Å²) >= 11 is 1.54. The van der Waals surface area contributed by atoms with Crippen molar-refractivity contribution in [1.82, 2.24) is 9.88 Å². The number of benzene rings is 2. The van der Waals surface area contributed by atoms with Crippen molar-refractivity contribution in [3.8, 4) is 11.5 Å². The molecule has 1 heterocycles. The normalized spacial score (nSPS) is 10.8. The molecule has 6 nitrogen and oxygen atoms in total. The maximum atomic E-state index is 13.1. The number of aromatic nitrogens is 1. The van der Waals surface area contributed by atoms with Crippen molar-refractivity contribution >= 4 is 45.0 Å². The third-order valence-electron chi connectivity index (χ3n) is 4.87. The van der Waals surface area contributed by atoms with Gasteiger partial charge in [-0.1, -0.05) is 17.4 Å². The molecule has 0 aliphatic carbocycles. The lowest BCUT2D eigenvalue weighted by atomic mass is 10.1. The first-order valence-electron chi connectivity index (χ1n) is 10.1. The van der Waals surface area contributed by atoms with Crippen LogP contribution >= 0.6 is 23.7 Å². The number of carbonyl (C=O) groups excluding carboxylic acids is 1. The number of hydrogen-bond acceptors (Lipinski definition) is 6. The van der Waals surface area contributed by atoms with Crippen LogP contribution in [0.2, 0.25) is 0 Å². The molecule has 0 N–H and O–H groups in total. The smallest absolute Gasteiger partial charge is 0.266 e. The number of amides is 1. The summed E-state index contributed by atoms with van der Waals surface area (Å²) in [6.07, 6.45) is 0. The summed E-state index contributed by atoms with van der Waals surface area (Å²) in [5.41, 5.74) is 3.31. The van der Waals surface area contributed by atoms with E-state index < -0.39 is 0 Å². The van der Waals surface area contributed by atoms with Crippen LogP contribution in [0.5, 0.6) is 11.5 Å². The third-order valence-corrected chi connectivity index (χ3v) is 5.92. The molecule has 0 spiro atoms. The van der Waals surface area contributed by atoms with Crippen molar-refractivity contribution < 1.29 is 14.3 Å². The maximum Gasteiger partial charge on any atom is 0.266 e. The molecule has 0 bridgehead atoms. The predicted octanol–water partition coefficient (Wildman–Crippen LogP) is 4.71. The number of rotatable bonds is 9. The van der Waals surface area contributed by atoms with E-state index in [1.54, 1.807) is 16.2 Å². The zero-order valence-electron chi connectivity index (χ0n) is 18.7. The Morgan fingerprint density at radius 1 is 1.00 bits per heavy atom. The number of anilines is 1. The average Bonchev–Trinajstić information content (AvgIpc) is 3.15. The summed E-state index contributed by atoms with van der Waals surface area (Å²) in [4.78, 5) is 21.6. The fourth-order valence-electron chi connectivity index (χ4n) is 2.98. The second-order valence-electron chi connectivity index (χ2n) is 7.39. The van der Waals surface area contributed by atoms with E-state index in [-0.39, 0.29) is 24.9 Å². The molecule has 0 radical (unpaired) electrons. The molecule has 2 aromatic carbocycles. The number of halogens is 1. The largest absolute Gasteiger partial charge is 0.494 e. The summed E-state index contributed by atoms with van der Waals surface area (Å²) in [7, 11) is 3.98. The Morgan fingerprint density at radius 3 is 2.26 bits per heavy atom. The lowest BCUT2D eigenvalue weighted by Gasteiger charge is -2.22. The van der Waals surface area contributed by atoms with Gasteiger partial charge in [0.2, 0.25) is 0 Å². The van der Waals surface area contributed by atoms with Gasteiger partial charge in [-0.2, -0.15) is 0 Å². The summed E-state index contributed by atoms with van der Waals surface area (Å²) in [6.45, 7) is 7.95. The predicted molar refractivity (Wildman–Crippen MR) is 130 cm³/mol. The topological polar surface area (TPSA) is 54.9 Å². The first-order chi connectivity index (χ1) is 14.4. The molecule has 0 aliphatic rings. The zero-order chi connectivity index (χ0) is 21.7. The lowest BCUT2D eigenvalue weighted by Crippen LogP contribution is -2.39. The van der Waals surface area contributed by atoms with E-state index in [9.17, 15) is 4.79 Å². The van der Waals surface area contributed by atoms with Crippen LogP contribution in [0, 0.1) is 13.8 Å². The van der Waals surface area contributed by atoms with Crippen molar-refractivity contribution in [3.63, 3.8) is 0 Å². The fourth-order valence-corrected chi connectivity index (χ4v) is 4.05. The van der Waals surface area contributed by atoms with Crippen LogP contribution in [0.4, 0.5) is 5.13 Å². The van der Waals surface area contributed by atoms with Gasteiger partial charge in [0.15, 0.2) is 11.7 Å². The minimum atomic E-state index is -0.112. The minimum Gasteiger partial charge on any atom is -0.494 e. The molecule has 0 atom stereocenters. The molecule has 0 fully saturated rings. The summed E-state index contributed by atoms with van der Waals surface area (Å²) in [6, 6.07) is 11.5. The van der Waals surface area contributed by atoms with Crippen molar-refractivity contribution in [2.24, 2.45) is 0 Å². The minimum absolute atomic E-state index is 0. The van der Waals surface area contributed by atoms with Crippen LogP contribution in [0.3, 0.4) is 0 Å². The van der Waals surface area contributed by atoms with Gasteiger partial charge in [-0.25, -0.2) is 4.98 Å². The van der Waals surface area contributed by atoms with Crippen molar-refractivity contribution in [2.45, 2.75) is 20.8 Å². The monoisotopic (exact) mass is 463 g/mol. The first-order valence-corrected chi connectivity index (χ1v) is 10.9. The van der Waals surface area contributed by atoms with E-state index in [0.717, 1.165) is 28.1 Å². The standard InChI is InChI=1S/C23H29N3O3S.ClH/c1-6-28-18-8-10-19(11-9-18)29-15-21(27)26(14-13-25(4)5)23-24-22-17(3)16(2)7-12-20(22)30-23;/h7-12H,6,13-15H2,1-5H3;1H. The van der Waals surface area contributed by atoms with E-state index in [0.29, 0.717) is 24.0 Å². The molecule has 1 amide bonds. The van der Waals surface area contributed by atoms with E-state index >= 15 is 0 Å². The summed E-state index contributed by atoms with van der Waals surface area (Å²) < 4.78 is 12.3. The van der Waals surface area contributed by atoms with Gasteiger partial charge in [-0.05, 0) is 76.3 Å². The Kier molecular flexibility index (Phi) is 9.10. The quantitative estimate of drug-likeness (QED) is 0.460. The van der Waals surface area contributed by atoms with E-state index in [1.807, 2.05) is 45.3 Å². The summed E-state index contributed by atoms with van der Waals surface area (Å²) in [5.74, 6) is 1.30. The molecule has 0 saturated carbocycles. The van der Waals surface area contributed by atoms with Crippen molar-refractivity contribution in [2.75, 3.05) is 45.3 Å². The third kappa shape index (κ3) is 6.32. The fraction of sp³-hybridized carbons (Fsp3) is 0.391. The van der Waals surface area contributed by atoms with Gasteiger partial charge >= 0.3 is 0 Å². The van der Waals surface area contributed by atoms with E-state index in [4.69, 9.17) is 14.5 Å². The average molecular weight is 464 g/mol. The van der Waals surface area contributed by atoms with Gasteiger partial charge in [-0.15, -0.1) is 12.4 Å². The highest BCUT2D eigenvalue weighted by Crippen LogP contribution is 2.32. The van der Waals surface area contributed by atoms with Crippen LogP contribution in [-0.2, 0) is 4.79 Å². The Balaban J connectivity index is 0.00000341. The lowest BCUT2D eigenvalue weighted by molar-refractivity contribution is -0.120. The number of nitrogens with zero attached hydrogens (tertiary/aromatic N) is 3. The van der Waals surface area contributed by atoms with Gasteiger partial charge < -0.3 is 14.4 Å². The van der Waals surface area contributed by atoms with Gasteiger partial charge in [0, 0.05) is 13.1 Å². The molecule has 168 valence electrons. The second-order valence-corrected chi connectivity index (χ2v) is 8.40. The Hall–Kier alpha value is -2.35. The number of thiazole rings is 1. The highest BCUT2D eigenvalue weighted by atomic mass is 35.5. The molecule has 1 aromatic heterocycles. The van der Waals surface area contributed by atoms with Crippen LogP contribution < -0.4 is 14.4 Å². The maximum absolute atomic E-state index is 13.1. The molecule has 3 rings (SSSR count). The highest BCUT2D eigenvalue weighted by Gasteiger charge is 2.21. The van der Waals surface area contributed by atoms with Gasteiger partial charge in [0.25, 0.3) is 5.91 Å². The number of fused-ring (bicyclic) bond motifs is 1. The number of likely N-dealkylation sites (N-methyl/N-ethyl adjacent to an activating group) is 1. The molecular weight excluding hydrogens is 434 g/mol. The van der Waals surface area contributed by atoms with Gasteiger partial charge in [-0.3, -0.25) is 9.69 Å². The van der Waals surface area contributed by atoms with E-state index in [2.05, 4.69) is 30.9 Å². The number of carbonyl (C=O) groups is 1. The molecule has 0 aliphatic heterocycles. The Morgan fingerprint density at radius 2 is 1.65 bits per heavy atom. The molecule has 8 heteroatoms. The van der Waals surface area contributed by atoms with E-state index in [1.165, 1.54) is 5.56 Å². The number of hydrogen-bond donors (Lipinski definition) is 0. The van der Waals surface area contributed by atoms with Crippen molar-refractivity contribution in [1.29, 1.82) is 0 Å². The molecule has 31 heavy (non-hydrogen) atoms. The SMILES string of the molecule is CCOc1ccc(OCC(=O)N(CCN(C)C)c2nc3c(C)c(C)ccc3s2)cc1.Cl. The summed E-state index contributed by atoms with van der Waals surface area (Å²) in [5, 5.41) is 0.709. The Bertz CT molecular complexity index is 1010. The Labute approximate surface area is 194 Å².